The monoisotopic (exact) mass is 364 g/mol. The maximum Gasteiger partial charge on any atom is 0.336 e. The number of carbonyl (C=O) groups is 1. The van der Waals surface area contributed by atoms with Crippen molar-refractivity contribution in [1.82, 2.24) is 0 Å². The molecule has 1 atom stereocenters. The summed E-state index contributed by atoms with van der Waals surface area (Å²) in [5.41, 5.74) is -1.99. The van der Waals surface area contributed by atoms with Crippen LogP contribution >= 0.6 is 0 Å². The van der Waals surface area contributed by atoms with Crippen molar-refractivity contribution in [2.45, 2.75) is 52.4 Å². The molecule has 0 spiro atoms. The lowest BCUT2D eigenvalue weighted by Crippen LogP contribution is -2.08. The molecule has 0 radical (unpaired) electrons. The molecule has 0 bridgehead atoms. The molecule has 26 heavy (non-hydrogen) atoms. The molecule has 0 aliphatic rings. The van der Waals surface area contributed by atoms with Crippen LogP contribution in [0.15, 0.2) is 24.3 Å². The second kappa shape index (κ2) is 10.3. The fraction of sp³-hybridized carbons (Fsp3) is 0.500. The maximum absolute atomic E-state index is 11.7. The highest BCUT2D eigenvalue weighted by Gasteiger charge is 2.30. The Morgan fingerprint density at radius 1 is 1.15 bits per heavy atom. The summed E-state index contributed by atoms with van der Waals surface area (Å²) in [6.07, 6.45) is 6.75. The molecule has 0 saturated carbocycles. The third-order valence-corrected chi connectivity index (χ3v) is 4.36. The molecule has 1 N–H and O–H groups in total. The minimum Gasteiger partial charge on any atom is -0.478 e. The average molecular weight is 364 g/mol. The van der Waals surface area contributed by atoms with Gasteiger partial charge in [-0.1, -0.05) is 52.0 Å². The van der Waals surface area contributed by atoms with Gasteiger partial charge in [0.25, 0.3) is 11.4 Å². The molecule has 1 aromatic rings. The second-order valence-electron chi connectivity index (χ2n) is 6.11. The topological polar surface area (TPSA) is 124 Å². The summed E-state index contributed by atoms with van der Waals surface area (Å²) in [5.74, 6) is -1.18. The van der Waals surface area contributed by atoms with E-state index in [9.17, 15) is 30.1 Å². The highest BCUT2D eigenvalue weighted by molar-refractivity contribution is 6.18. The Morgan fingerprint density at radius 3 is 2.15 bits per heavy atom. The fourth-order valence-electron chi connectivity index (χ4n) is 2.86. The molecule has 1 rings (SSSR count). The van der Waals surface area contributed by atoms with Crippen molar-refractivity contribution >= 4 is 22.9 Å². The molecule has 0 aliphatic heterocycles. The van der Waals surface area contributed by atoms with E-state index in [-0.39, 0.29) is 5.92 Å². The van der Waals surface area contributed by atoms with E-state index in [1.165, 1.54) is 12.1 Å². The van der Waals surface area contributed by atoms with Gasteiger partial charge < -0.3 is 5.11 Å². The van der Waals surface area contributed by atoms with Crippen molar-refractivity contribution in [1.29, 1.82) is 0 Å². The summed E-state index contributed by atoms with van der Waals surface area (Å²) in [5, 5.41) is 32.0. The van der Waals surface area contributed by atoms with Crippen LogP contribution in [-0.2, 0) is 4.79 Å². The van der Waals surface area contributed by atoms with Crippen LogP contribution < -0.4 is 0 Å². The number of hydrogen-bond acceptors (Lipinski definition) is 5. The number of nitro groups is 2. The SMILES string of the molecule is CCCCCC(CC)CC=C(C(=O)O)c1c([N+](=O)[O-])cccc1[N+](=O)[O-]. The summed E-state index contributed by atoms with van der Waals surface area (Å²) < 4.78 is 0. The standard InChI is InChI=1S/C18H24N2O6/c1-3-5-6-8-13(4-2)11-12-14(18(21)22)17-15(19(23)24)9-7-10-16(17)20(25)26/h7,9-10,12-13H,3-6,8,11H2,1-2H3,(H,21,22). The van der Waals surface area contributed by atoms with E-state index in [0.29, 0.717) is 6.42 Å². The van der Waals surface area contributed by atoms with Gasteiger partial charge in [0.05, 0.1) is 15.4 Å². The van der Waals surface area contributed by atoms with E-state index in [0.717, 1.165) is 44.2 Å². The molecule has 0 heterocycles. The van der Waals surface area contributed by atoms with Gasteiger partial charge in [-0.2, -0.15) is 0 Å². The molecule has 0 aromatic heterocycles. The molecule has 142 valence electrons. The van der Waals surface area contributed by atoms with Crippen molar-refractivity contribution in [2.24, 2.45) is 5.92 Å². The molecule has 0 aliphatic carbocycles. The van der Waals surface area contributed by atoms with E-state index in [1.807, 2.05) is 6.92 Å². The summed E-state index contributed by atoms with van der Waals surface area (Å²) in [4.78, 5) is 32.6. The molecule has 0 fully saturated rings. The van der Waals surface area contributed by atoms with Crippen LogP contribution in [0.4, 0.5) is 11.4 Å². The number of benzene rings is 1. The molecule has 8 nitrogen and oxygen atoms in total. The largest absolute Gasteiger partial charge is 0.478 e. The average Bonchev–Trinajstić information content (AvgIpc) is 2.59. The van der Waals surface area contributed by atoms with Gasteiger partial charge in [-0.15, -0.1) is 0 Å². The molecule has 1 unspecified atom stereocenters. The molecule has 1 aromatic carbocycles. The molecule has 8 heteroatoms. The van der Waals surface area contributed by atoms with Crippen LogP contribution in [-0.4, -0.2) is 20.9 Å². The van der Waals surface area contributed by atoms with E-state index >= 15 is 0 Å². The van der Waals surface area contributed by atoms with Gasteiger partial charge in [0.2, 0.25) is 0 Å². The number of unbranched alkanes of at least 4 members (excludes halogenated alkanes) is 2. The Bertz CT molecular complexity index is 667. The number of allylic oxidation sites excluding steroid dienone is 1. The lowest BCUT2D eigenvalue weighted by molar-refractivity contribution is -0.394. The Balaban J connectivity index is 3.30. The van der Waals surface area contributed by atoms with Crippen molar-refractivity contribution in [3.05, 3.63) is 50.1 Å². The van der Waals surface area contributed by atoms with Crippen LogP contribution in [0.5, 0.6) is 0 Å². The van der Waals surface area contributed by atoms with E-state index in [2.05, 4.69) is 6.92 Å². The van der Waals surface area contributed by atoms with Gasteiger partial charge in [0.15, 0.2) is 0 Å². The van der Waals surface area contributed by atoms with Crippen molar-refractivity contribution in [2.75, 3.05) is 0 Å². The summed E-state index contributed by atoms with van der Waals surface area (Å²) in [6, 6.07) is 3.34. The van der Waals surface area contributed by atoms with E-state index in [4.69, 9.17) is 0 Å². The summed E-state index contributed by atoms with van der Waals surface area (Å²) in [6.45, 7) is 4.09. The number of hydrogen-bond donors (Lipinski definition) is 1. The highest BCUT2D eigenvalue weighted by Crippen LogP contribution is 2.35. The zero-order valence-corrected chi connectivity index (χ0v) is 15.0. The van der Waals surface area contributed by atoms with E-state index in [1.54, 1.807) is 0 Å². The van der Waals surface area contributed by atoms with Crippen LogP contribution in [0.25, 0.3) is 5.57 Å². The zero-order valence-electron chi connectivity index (χ0n) is 15.0. The lowest BCUT2D eigenvalue weighted by atomic mass is 9.92. The van der Waals surface area contributed by atoms with Crippen LogP contribution in [0, 0.1) is 26.1 Å². The van der Waals surface area contributed by atoms with Gasteiger partial charge in [-0.3, -0.25) is 20.2 Å². The molecule has 0 amide bonds. The lowest BCUT2D eigenvalue weighted by Gasteiger charge is -2.13. The van der Waals surface area contributed by atoms with Crippen molar-refractivity contribution in [3.63, 3.8) is 0 Å². The first kappa shape index (κ1) is 21.3. The third kappa shape index (κ3) is 5.65. The number of carboxylic acid groups (broad SMARTS) is 1. The number of nitro benzene ring substituents is 2. The zero-order chi connectivity index (χ0) is 19.7. The summed E-state index contributed by atoms with van der Waals surface area (Å²) in [7, 11) is 0. The van der Waals surface area contributed by atoms with Crippen molar-refractivity contribution < 1.29 is 19.7 Å². The van der Waals surface area contributed by atoms with Gasteiger partial charge in [-0.25, -0.2) is 4.79 Å². The quantitative estimate of drug-likeness (QED) is 0.256. The maximum atomic E-state index is 11.7. The van der Waals surface area contributed by atoms with Gasteiger partial charge in [-0.05, 0) is 18.4 Å². The Morgan fingerprint density at radius 2 is 1.73 bits per heavy atom. The highest BCUT2D eigenvalue weighted by atomic mass is 16.6. The van der Waals surface area contributed by atoms with Crippen molar-refractivity contribution in [3.8, 4) is 0 Å². The number of rotatable bonds is 11. The van der Waals surface area contributed by atoms with Crippen LogP contribution in [0.3, 0.4) is 0 Å². The first-order valence-electron chi connectivity index (χ1n) is 8.69. The van der Waals surface area contributed by atoms with Gasteiger partial charge in [0, 0.05) is 12.1 Å². The number of nitrogens with zero attached hydrogens (tertiary/aromatic N) is 2. The van der Waals surface area contributed by atoms with Crippen LogP contribution in [0.1, 0.15) is 57.9 Å². The Hall–Kier alpha value is -2.77. The molecular formula is C18H24N2O6. The fourth-order valence-corrected chi connectivity index (χ4v) is 2.86. The number of aliphatic carboxylic acids is 1. The number of carboxylic acids is 1. The van der Waals surface area contributed by atoms with Crippen LogP contribution in [0.2, 0.25) is 0 Å². The Labute approximate surface area is 151 Å². The predicted molar refractivity (Wildman–Crippen MR) is 97.9 cm³/mol. The molecule has 0 saturated heterocycles. The first-order chi connectivity index (χ1) is 12.3. The normalized spacial score (nSPS) is 12.6. The minimum atomic E-state index is -1.41. The van der Waals surface area contributed by atoms with Gasteiger partial charge >= 0.3 is 5.97 Å². The summed E-state index contributed by atoms with van der Waals surface area (Å²) >= 11 is 0. The third-order valence-electron chi connectivity index (χ3n) is 4.36. The smallest absolute Gasteiger partial charge is 0.336 e. The molecular weight excluding hydrogens is 340 g/mol. The Kier molecular flexibility index (Phi) is 8.41. The first-order valence-corrected chi connectivity index (χ1v) is 8.69. The predicted octanol–water partition coefficient (Wildman–Crippen LogP) is 4.97. The second-order valence-corrected chi connectivity index (χ2v) is 6.11. The van der Waals surface area contributed by atoms with E-state index < -0.39 is 38.3 Å². The van der Waals surface area contributed by atoms with Gasteiger partial charge in [0.1, 0.15) is 5.56 Å². The minimum absolute atomic E-state index is 0.234.